The van der Waals surface area contributed by atoms with Crippen LogP contribution in [0.2, 0.25) is 0 Å². The second-order valence-corrected chi connectivity index (χ2v) is 7.32. The average molecular weight is 376 g/mol. The molecular weight excluding hydrogens is 354 g/mol. The number of ether oxygens (including phenoxy) is 1. The van der Waals surface area contributed by atoms with Gasteiger partial charge in [0.05, 0.1) is 12.6 Å². The quantitative estimate of drug-likeness (QED) is 0.817. The minimum Gasteiger partial charge on any atom is -0.473 e. The lowest BCUT2D eigenvalue weighted by Gasteiger charge is -2.40. The smallest absolute Gasteiger partial charge is 0.352 e. The van der Waals surface area contributed by atoms with Crippen LogP contribution in [0.3, 0.4) is 0 Å². The van der Waals surface area contributed by atoms with Crippen LogP contribution in [0.5, 0.6) is 5.88 Å². The van der Waals surface area contributed by atoms with E-state index in [2.05, 4.69) is 28.6 Å². The van der Waals surface area contributed by atoms with Gasteiger partial charge in [-0.25, -0.2) is 13.6 Å². The van der Waals surface area contributed by atoms with E-state index in [0.29, 0.717) is 18.2 Å². The maximum atomic E-state index is 13.3. The standard InChI is InChI=1S/C19H22F2N4O2/c1-12(2)23-5-6-24-14(9-23)10-25-18(24)8-17(22-19(25)26)27-11-13-3-4-15(20)16(21)7-13/h3-4,7-8,12,14H,5-6,9-11H2,1-2H3. The molecule has 1 atom stereocenters. The van der Waals surface area contributed by atoms with Crippen LogP contribution in [0.25, 0.3) is 0 Å². The van der Waals surface area contributed by atoms with Gasteiger partial charge in [0, 0.05) is 31.7 Å². The van der Waals surface area contributed by atoms with Gasteiger partial charge in [-0.05, 0) is 31.5 Å². The summed E-state index contributed by atoms with van der Waals surface area (Å²) >= 11 is 0. The van der Waals surface area contributed by atoms with E-state index in [1.807, 2.05) is 0 Å². The summed E-state index contributed by atoms with van der Waals surface area (Å²) in [5.41, 5.74) is 0.123. The molecule has 4 rings (SSSR count). The molecule has 0 amide bonds. The van der Waals surface area contributed by atoms with Gasteiger partial charge in [0.15, 0.2) is 11.6 Å². The average Bonchev–Trinajstić information content (AvgIpc) is 3.01. The number of rotatable bonds is 4. The zero-order chi connectivity index (χ0) is 19.1. The van der Waals surface area contributed by atoms with Gasteiger partial charge in [-0.3, -0.25) is 9.47 Å². The summed E-state index contributed by atoms with van der Waals surface area (Å²) in [5, 5.41) is 0. The van der Waals surface area contributed by atoms with E-state index in [9.17, 15) is 13.6 Å². The predicted octanol–water partition coefficient (Wildman–Crippen LogP) is 2.01. The number of hydrogen-bond donors (Lipinski definition) is 0. The van der Waals surface area contributed by atoms with Gasteiger partial charge in [0.1, 0.15) is 12.4 Å². The van der Waals surface area contributed by atoms with Crippen LogP contribution in [-0.2, 0) is 13.2 Å². The number of anilines is 1. The molecular formula is C19H22F2N4O2. The highest BCUT2D eigenvalue weighted by atomic mass is 19.2. The SMILES string of the molecule is CC(C)N1CCN2c3cc(OCc4ccc(F)c(F)c4)nc(=O)n3CC2C1. The number of hydrogen-bond acceptors (Lipinski definition) is 5. The third-order valence-corrected chi connectivity index (χ3v) is 5.27. The number of halogens is 2. The number of fused-ring (bicyclic) bond motifs is 3. The summed E-state index contributed by atoms with van der Waals surface area (Å²) in [6.45, 7) is 7.67. The molecule has 6 nitrogen and oxygen atoms in total. The molecule has 3 heterocycles. The van der Waals surface area contributed by atoms with E-state index in [4.69, 9.17) is 4.74 Å². The van der Waals surface area contributed by atoms with E-state index in [-0.39, 0.29) is 24.2 Å². The van der Waals surface area contributed by atoms with Crippen LogP contribution >= 0.6 is 0 Å². The lowest BCUT2D eigenvalue weighted by molar-refractivity contribution is 0.181. The Hall–Kier alpha value is -2.48. The number of benzene rings is 1. The maximum absolute atomic E-state index is 13.3. The van der Waals surface area contributed by atoms with Crippen molar-refractivity contribution in [2.24, 2.45) is 0 Å². The van der Waals surface area contributed by atoms with Crippen molar-refractivity contribution in [3.8, 4) is 5.88 Å². The summed E-state index contributed by atoms with van der Waals surface area (Å²) in [4.78, 5) is 21.0. The third kappa shape index (κ3) is 3.41. The van der Waals surface area contributed by atoms with Crippen molar-refractivity contribution in [1.82, 2.24) is 14.5 Å². The van der Waals surface area contributed by atoms with E-state index in [1.165, 1.54) is 6.07 Å². The van der Waals surface area contributed by atoms with Crippen molar-refractivity contribution in [2.45, 2.75) is 39.1 Å². The monoisotopic (exact) mass is 376 g/mol. The Morgan fingerprint density at radius 2 is 2.00 bits per heavy atom. The molecule has 0 radical (unpaired) electrons. The minimum absolute atomic E-state index is 0.0116. The summed E-state index contributed by atoms with van der Waals surface area (Å²) in [6, 6.07) is 6.05. The number of nitrogens with zero attached hydrogens (tertiary/aromatic N) is 4. The van der Waals surface area contributed by atoms with E-state index in [0.717, 1.165) is 37.6 Å². The normalized spacial score (nSPS) is 19.3. The molecule has 2 aromatic rings. The second kappa shape index (κ2) is 6.92. The summed E-state index contributed by atoms with van der Waals surface area (Å²) < 4.78 is 33.6. The van der Waals surface area contributed by atoms with Crippen LogP contribution in [0.15, 0.2) is 29.1 Å². The van der Waals surface area contributed by atoms with Crippen LogP contribution in [-0.4, -0.2) is 46.2 Å². The summed E-state index contributed by atoms with van der Waals surface area (Å²) in [5.74, 6) is -0.824. The Labute approximate surface area is 156 Å². The first-order valence-electron chi connectivity index (χ1n) is 9.11. The minimum atomic E-state index is -0.927. The van der Waals surface area contributed by atoms with Crippen molar-refractivity contribution in [2.75, 3.05) is 24.5 Å². The van der Waals surface area contributed by atoms with Gasteiger partial charge in [0.25, 0.3) is 0 Å². The van der Waals surface area contributed by atoms with Crippen molar-refractivity contribution in [3.05, 3.63) is 51.9 Å². The first kappa shape index (κ1) is 17.9. The van der Waals surface area contributed by atoms with Crippen LogP contribution < -0.4 is 15.3 Å². The molecule has 27 heavy (non-hydrogen) atoms. The summed E-state index contributed by atoms with van der Waals surface area (Å²) in [6.07, 6.45) is 0. The Bertz CT molecular complexity index is 915. The fraction of sp³-hybridized carbons (Fsp3) is 0.474. The Morgan fingerprint density at radius 1 is 1.19 bits per heavy atom. The van der Waals surface area contributed by atoms with Gasteiger partial charge in [0.2, 0.25) is 5.88 Å². The second-order valence-electron chi connectivity index (χ2n) is 7.32. The van der Waals surface area contributed by atoms with Gasteiger partial charge in [-0.2, -0.15) is 4.98 Å². The molecule has 1 unspecified atom stereocenters. The molecule has 1 aromatic heterocycles. The van der Waals surface area contributed by atoms with Crippen LogP contribution in [0.4, 0.5) is 14.6 Å². The van der Waals surface area contributed by atoms with E-state index >= 15 is 0 Å². The molecule has 0 spiro atoms. The predicted molar refractivity (Wildman–Crippen MR) is 97.0 cm³/mol. The van der Waals surface area contributed by atoms with E-state index in [1.54, 1.807) is 10.6 Å². The largest absolute Gasteiger partial charge is 0.473 e. The molecule has 1 saturated heterocycles. The fourth-order valence-corrected chi connectivity index (χ4v) is 3.76. The maximum Gasteiger partial charge on any atom is 0.352 e. The van der Waals surface area contributed by atoms with Crippen LogP contribution in [0.1, 0.15) is 19.4 Å². The Balaban J connectivity index is 1.52. The van der Waals surface area contributed by atoms with E-state index < -0.39 is 11.6 Å². The van der Waals surface area contributed by atoms with Gasteiger partial charge < -0.3 is 9.64 Å². The molecule has 0 bridgehead atoms. The first-order valence-corrected chi connectivity index (χ1v) is 9.11. The number of aromatic nitrogens is 2. The van der Waals surface area contributed by atoms with Gasteiger partial charge in [-0.1, -0.05) is 6.07 Å². The third-order valence-electron chi connectivity index (χ3n) is 5.27. The highest BCUT2D eigenvalue weighted by Crippen LogP contribution is 2.29. The zero-order valence-corrected chi connectivity index (χ0v) is 15.4. The van der Waals surface area contributed by atoms with Crippen molar-refractivity contribution in [3.63, 3.8) is 0 Å². The Kier molecular flexibility index (Phi) is 4.59. The van der Waals surface area contributed by atoms with Crippen molar-refractivity contribution < 1.29 is 13.5 Å². The molecule has 0 saturated carbocycles. The van der Waals surface area contributed by atoms with Crippen molar-refractivity contribution in [1.29, 1.82) is 0 Å². The van der Waals surface area contributed by atoms with Crippen LogP contribution in [0, 0.1) is 11.6 Å². The molecule has 1 fully saturated rings. The molecule has 8 heteroatoms. The highest BCUT2D eigenvalue weighted by molar-refractivity contribution is 5.47. The van der Waals surface area contributed by atoms with Gasteiger partial charge in [-0.15, -0.1) is 0 Å². The van der Waals surface area contributed by atoms with Crippen molar-refractivity contribution >= 4 is 5.82 Å². The summed E-state index contributed by atoms with van der Waals surface area (Å²) in [7, 11) is 0. The molecule has 0 N–H and O–H groups in total. The highest BCUT2D eigenvalue weighted by Gasteiger charge is 2.36. The fourth-order valence-electron chi connectivity index (χ4n) is 3.76. The molecule has 144 valence electrons. The molecule has 1 aromatic carbocycles. The lowest BCUT2D eigenvalue weighted by Crippen LogP contribution is -2.53. The Morgan fingerprint density at radius 3 is 2.74 bits per heavy atom. The number of piperazine rings is 1. The topological polar surface area (TPSA) is 50.6 Å². The molecule has 2 aliphatic rings. The first-order chi connectivity index (χ1) is 12.9. The van der Waals surface area contributed by atoms with Gasteiger partial charge >= 0.3 is 5.69 Å². The molecule has 2 aliphatic heterocycles. The zero-order valence-electron chi connectivity index (χ0n) is 15.4. The lowest BCUT2D eigenvalue weighted by atomic mass is 10.1. The molecule has 0 aliphatic carbocycles.